The third-order valence-corrected chi connectivity index (χ3v) is 5.10. The van der Waals surface area contributed by atoms with E-state index in [0.717, 1.165) is 25.5 Å². The maximum Gasteiger partial charge on any atom is 0.491 e. The average Bonchev–Trinajstić information content (AvgIpc) is 3.18. The summed E-state index contributed by atoms with van der Waals surface area (Å²) in [5.41, 5.74) is -0.0936. The molecule has 0 unspecified atom stereocenters. The molecule has 0 N–H and O–H groups in total. The second-order valence-corrected chi connectivity index (χ2v) is 7.39. The molecule has 1 fully saturated rings. The minimum Gasteiger partial charge on any atom is -0.461 e. The Bertz CT molecular complexity index is 724. The lowest BCUT2D eigenvalue weighted by molar-refractivity contribution is -0.202. The molecule has 1 atom stereocenters. The van der Waals surface area contributed by atoms with E-state index in [1.54, 1.807) is 6.92 Å². The average molecular weight is 433 g/mol. The molecule has 1 aliphatic carbocycles. The van der Waals surface area contributed by atoms with Crippen LogP contribution in [0.5, 0.6) is 0 Å². The molecule has 1 aliphatic rings. The number of oxazole rings is 1. The minimum atomic E-state index is -5.26. The van der Waals surface area contributed by atoms with Gasteiger partial charge in [-0.1, -0.05) is 44.9 Å². The maximum atomic E-state index is 12.3. The van der Waals surface area contributed by atoms with Crippen LogP contribution in [0.15, 0.2) is 10.7 Å². The summed E-state index contributed by atoms with van der Waals surface area (Å²) in [7, 11) is 0. The Hall–Kier alpha value is -2.39. The fraction of sp³-hybridized carbons (Fsp3) is 0.700. The molecule has 0 amide bonds. The largest absolute Gasteiger partial charge is 0.491 e. The molecule has 0 aliphatic heterocycles. The molecular formula is C20H26F3NO6. The summed E-state index contributed by atoms with van der Waals surface area (Å²) in [5.74, 6) is -4.70. The molecule has 1 saturated carbocycles. The van der Waals surface area contributed by atoms with Gasteiger partial charge in [-0.3, -0.25) is 4.79 Å². The first kappa shape index (κ1) is 23.9. The lowest BCUT2D eigenvalue weighted by Crippen LogP contribution is -2.28. The summed E-state index contributed by atoms with van der Waals surface area (Å²) in [6, 6.07) is 0. The van der Waals surface area contributed by atoms with E-state index in [1.165, 1.54) is 19.3 Å². The second-order valence-electron chi connectivity index (χ2n) is 7.39. The van der Waals surface area contributed by atoms with Gasteiger partial charge in [0.1, 0.15) is 6.26 Å². The van der Waals surface area contributed by atoms with Crippen molar-refractivity contribution in [1.82, 2.24) is 4.98 Å². The molecule has 2 rings (SSSR count). The molecule has 1 aromatic rings. The van der Waals surface area contributed by atoms with Crippen LogP contribution in [-0.2, 0) is 19.1 Å². The van der Waals surface area contributed by atoms with Crippen LogP contribution in [0.25, 0.3) is 0 Å². The smallest absolute Gasteiger partial charge is 0.461 e. The van der Waals surface area contributed by atoms with E-state index in [2.05, 4.69) is 9.72 Å². The van der Waals surface area contributed by atoms with E-state index in [0.29, 0.717) is 18.8 Å². The monoisotopic (exact) mass is 433 g/mol. The van der Waals surface area contributed by atoms with Gasteiger partial charge in [-0.15, -0.1) is 0 Å². The van der Waals surface area contributed by atoms with Gasteiger partial charge in [0, 0.05) is 5.92 Å². The van der Waals surface area contributed by atoms with Gasteiger partial charge < -0.3 is 13.9 Å². The standard InChI is InChI=1S/C20H26F3NO6/c1-2-28-18(26)15-12-29-17(24-15)14(10-6-9-13-7-4-3-5-8-13)11-16(25)30-19(27)20(21,22)23/h12-14H,2-11H2,1H3/t14-/m1/s1. The van der Waals surface area contributed by atoms with Crippen molar-refractivity contribution >= 4 is 17.9 Å². The molecule has 1 heterocycles. The predicted octanol–water partition coefficient (Wildman–Crippen LogP) is 4.71. The number of esters is 3. The number of rotatable bonds is 9. The third kappa shape index (κ3) is 7.46. The van der Waals surface area contributed by atoms with Crippen LogP contribution in [0.3, 0.4) is 0 Å². The number of halogens is 3. The molecule has 10 heteroatoms. The second kappa shape index (κ2) is 11.1. The number of alkyl halides is 3. The highest BCUT2D eigenvalue weighted by Crippen LogP contribution is 2.31. The Balaban J connectivity index is 2.02. The summed E-state index contributed by atoms with van der Waals surface area (Å²) in [4.78, 5) is 38.6. The van der Waals surface area contributed by atoms with Crippen molar-refractivity contribution in [2.24, 2.45) is 5.92 Å². The third-order valence-electron chi connectivity index (χ3n) is 5.10. The Morgan fingerprint density at radius 3 is 2.57 bits per heavy atom. The van der Waals surface area contributed by atoms with Crippen LogP contribution in [0.4, 0.5) is 13.2 Å². The molecule has 0 spiro atoms. The van der Waals surface area contributed by atoms with Gasteiger partial charge in [0.2, 0.25) is 0 Å². The Kier molecular flexibility index (Phi) is 8.86. The number of hydrogen-bond acceptors (Lipinski definition) is 7. The normalized spacial score (nSPS) is 16.1. The topological polar surface area (TPSA) is 95.7 Å². The number of ether oxygens (including phenoxy) is 2. The van der Waals surface area contributed by atoms with E-state index in [-0.39, 0.29) is 18.2 Å². The van der Waals surface area contributed by atoms with Crippen molar-refractivity contribution in [3.8, 4) is 0 Å². The van der Waals surface area contributed by atoms with E-state index in [1.807, 2.05) is 0 Å². The van der Waals surface area contributed by atoms with Gasteiger partial charge >= 0.3 is 24.1 Å². The molecule has 7 nitrogen and oxygen atoms in total. The van der Waals surface area contributed by atoms with Gasteiger partial charge in [0.25, 0.3) is 0 Å². The highest BCUT2D eigenvalue weighted by Gasteiger charge is 2.42. The van der Waals surface area contributed by atoms with Crippen LogP contribution in [0.2, 0.25) is 0 Å². The molecule has 1 aromatic heterocycles. The molecule has 0 aromatic carbocycles. The fourth-order valence-electron chi connectivity index (χ4n) is 3.62. The van der Waals surface area contributed by atoms with Crippen molar-refractivity contribution in [3.63, 3.8) is 0 Å². The lowest BCUT2D eigenvalue weighted by atomic mass is 9.84. The maximum absolute atomic E-state index is 12.3. The van der Waals surface area contributed by atoms with Crippen molar-refractivity contribution < 1.29 is 41.4 Å². The number of carbonyl (C=O) groups is 3. The van der Waals surface area contributed by atoms with Crippen molar-refractivity contribution in [3.05, 3.63) is 17.8 Å². The summed E-state index contributed by atoms with van der Waals surface area (Å²) in [5, 5.41) is 0. The van der Waals surface area contributed by atoms with Gasteiger partial charge in [0.15, 0.2) is 11.6 Å². The van der Waals surface area contributed by atoms with Crippen molar-refractivity contribution in [2.45, 2.75) is 76.8 Å². The van der Waals surface area contributed by atoms with Gasteiger partial charge in [0.05, 0.1) is 13.0 Å². The first-order chi connectivity index (χ1) is 14.2. The molecule has 168 valence electrons. The van der Waals surface area contributed by atoms with Crippen LogP contribution < -0.4 is 0 Å². The minimum absolute atomic E-state index is 0.0260. The summed E-state index contributed by atoms with van der Waals surface area (Å²) in [6.07, 6.45) is 3.18. The number of aromatic nitrogens is 1. The number of hydrogen-bond donors (Lipinski definition) is 0. The SMILES string of the molecule is CCOC(=O)c1coc([C@H](CCCC2CCCCC2)CC(=O)OC(=O)C(F)(F)F)n1. The molecule has 0 bridgehead atoms. The Morgan fingerprint density at radius 1 is 1.23 bits per heavy atom. The number of carbonyl (C=O) groups excluding carboxylic acids is 3. The van der Waals surface area contributed by atoms with Gasteiger partial charge in [-0.25, -0.2) is 14.6 Å². The predicted molar refractivity (Wildman–Crippen MR) is 97.4 cm³/mol. The zero-order valence-electron chi connectivity index (χ0n) is 16.8. The lowest BCUT2D eigenvalue weighted by Gasteiger charge is -2.22. The Morgan fingerprint density at radius 2 is 1.93 bits per heavy atom. The highest BCUT2D eigenvalue weighted by atomic mass is 19.4. The summed E-state index contributed by atoms with van der Waals surface area (Å²) in [6.45, 7) is 1.76. The van der Waals surface area contributed by atoms with Crippen molar-refractivity contribution in [1.29, 1.82) is 0 Å². The van der Waals surface area contributed by atoms with Crippen LogP contribution in [0, 0.1) is 5.92 Å². The van der Waals surface area contributed by atoms with Crippen LogP contribution in [-0.4, -0.2) is 35.7 Å². The zero-order chi connectivity index (χ0) is 22.1. The number of nitrogens with zero attached hydrogens (tertiary/aromatic N) is 1. The van der Waals surface area contributed by atoms with Crippen LogP contribution in [0.1, 0.15) is 87.0 Å². The summed E-state index contributed by atoms with van der Waals surface area (Å²) >= 11 is 0. The van der Waals surface area contributed by atoms with Gasteiger partial charge in [-0.05, 0) is 19.3 Å². The van der Waals surface area contributed by atoms with E-state index < -0.39 is 36.4 Å². The summed E-state index contributed by atoms with van der Waals surface area (Å²) < 4.78 is 51.0. The molecule has 0 radical (unpaired) electrons. The zero-order valence-corrected chi connectivity index (χ0v) is 16.8. The fourth-order valence-corrected chi connectivity index (χ4v) is 3.62. The molecule has 0 saturated heterocycles. The van der Waals surface area contributed by atoms with E-state index in [9.17, 15) is 27.6 Å². The first-order valence-corrected chi connectivity index (χ1v) is 10.1. The first-order valence-electron chi connectivity index (χ1n) is 10.1. The quantitative estimate of drug-likeness (QED) is 0.411. The van der Waals surface area contributed by atoms with Crippen molar-refractivity contribution in [2.75, 3.05) is 6.61 Å². The highest BCUT2D eigenvalue weighted by molar-refractivity contribution is 5.89. The molecular weight excluding hydrogens is 407 g/mol. The van der Waals surface area contributed by atoms with Crippen LogP contribution >= 0.6 is 0 Å². The van der Waals surface area contributed by atoms with Gasteiger partial charge in [-0.2, -0.15) is 13.2 Å². The Labute approximate surface area is 172 Å². The van der Waals surface area contributed by atoms with E-state index in [4.69, 9.17) is 9.15 Å². The molecule has 30 heavy (non-hydrogen) atoms. The van der Waals surface area contributed by atoms with E-state index >= 15 is 0 Å².